The van der Waals surface area contributed by atoms with Gasteiger partial charge >= 0.3 is 0 Å². The largest absolute Gasteiger partial charge is 0.303 e. The molecule has 31 heavy (non-hydrogen) atoms. The number of carbonyl (C=O) groups is 2. The van der Waals surface area contributed by atoms with Crippen LogP contribution in [0.1, 0.15) is 67.7 Å². The average Bonchev–Trinajstić information content (AvgIpc) is 2.74. The monoisotopic (exact) mass is 455 g/mol. The highest BCUT2D eigenvalue weighted by Crippen LogP contribution is 2.32. The van der Waals surface area contributed by atoms with Crippen molar-refractivity contribution in [3.05, 3.63) is 37.5 Å². The van der Waals surface area contributed by atoms with Crippen molar-refractivity contribution in [2.24, 2.45) is 29.1 Å². The lowest BCUT2D eigenvalue weighted by Gasteiger charge is -2.29. The van der Waals surface area contributed by atoms with E-state index in [1.807, 2.05) is 11.9 Å². The first-order chi connectivity index (χ1) is 14.5. The number of rotatable bonds is 13. The van der Waals surface area contributed by atoms with Crippen LogP contribution >= 0.6 is 11.6 Å². The molecule has 3 nitrogen and oxygen atoms in total. The number of halogens is 1. The molecule has 0 amide bonds. The molecule has 0 saturated carbocycles. The third kappa shape index (κ3) is 21.8. The van der Waals surface area contributed by atoms with Gasteiger partial charge in [-0.3, -0.25) is 4.90 Å². The standard InChI is InChI=1S/C21H39NO.C4H7ClO.C2H4/c1-8-20(14-13-19(3)21(4,5)6)18(2)12-10-9-11-15-22(7)16-17-23;1-4(2-5)3-6;1-2/h9-12,17-20H,8,13-16H2,1-7H3;3-4H,2H2,1H3;1-2H2/b11-9-,12-10-;;. The van der Waals surface area contributed by atoms with Gasteiger partial charge in [-0.2, -0.15) is 0 Å². The van der Waals surface area contributed by atoms with Crippen LogP contribution in [0.2, 0.25) is 0 Å². The smallest absolute Gasteiger partial charge is 0.133 e. The Balaban J connectivity index is -0.000000836. The molecular weight excluding hydrogens is 406 g/mol. The van der Waals surface area contributed by atoms with Crippen LogP contribution < -0.4 is 0 Å². The van der Waals surface area contributed by atoms with Crippen LogP contribution in [-0.2, 0) is 9.59 Å². The molecule has 0 aliphatic carbocycles. The van der Waals surface area contributed by atoms with Gasteiger partial charge in [0.25, 0.3) is 0 Å². The highest BCUT2D eigenvalue weighted by atomic mass is 35.5. The van der Waals surface area contributed by atoms with E-state index in [0.29, 0.717) is 23.8 Å². The third-order valence-corrected chi connectivity index (χ3v) is 6.14. The topological polar surface area (TPSA) is 37.4 Å². The molecule has 0 aromatic rings. The molecule has 0 saturated heterocycles. The Kier molecular flexibility index (Phi) is 24.5. The lowest BCUT2D eigenvalue weighted by molar-refractivity contribution is -0.110. The summed E-state index contributed by atoms with van der Waals surface area (Å²) in [5.74, 6) is 2.60. The normalized spacial score (nSPS) is 15.4. The molecule has 4 unspecified atom stereocenters. The average molecular weight is 456 g/mol. The summed E-state index contributed by atoms with van der Waals surface area (Å²) in [7, 11) is 1.95. The zero-order valence-corrected chi connectivity index (χ0v) is 22.3. The van der Waals surface area contributed by atoms with E-state index in [1.54, 1.807) is 6.92 Å². The van der Waals surface area contributed by atoms with Gasteiger partial charge in [-0.15, -0.1) is 24.8 Å². The Labute approximate surface area is 199 Å². The molecule has 0 radical (unpaired) electrons. The van der Waals surface area contributed by atoms with E-state index in [2.05, 4.69) is 79.0 Å². The molecule has 0 rings (SSSR count). The van der Waals surface area contributed by atoms with Crippen LogP contribution in [0.25, 0.3) is 0 Å². The van der Waals surface area contributed by atoms with E-state index in [1.165, 1.54) is 19.3 Å². The number of hydrogen-bond donors (Lipinski definition) is 0. The Morgan fingerprint density at radius 2 is 1.58 bits per heavy atom. The summed E-state index contributed by atoms with van der Waals surface area (Å²) in [5.41, 5.74) is 0.410. The lowest BCUT2D eigenvalue weighted by Crippen LogP contribution is -2.20. The summed E-state index contributed by atoms with van der Waals surface area (Å²) < 4.78 is 0. The molecule has 182 valence electrons. The fourth-order valence-corrected chi connectivity index (χ4v) is 2.76. The van der Waals surface area contributed by atoms with Crippen LogP contribution in [0.4, 0.5) is 0 Å². The van der Waals surface area contributed by atoms with Crippen LogP contribution in [-0.4, -0.2) is 43.5 Å². The summed E-state index contributed by atoms with van der Waals surface area (Å²) in [4.78, 5) is 22.0. The molecule has 0 aromatic heterocycles. The van der Waals surface area contributed by atoms with Gasteiger partial charge in [0.2, 0.25) is 0 Å². The molecule has 0 heterocycles. The zero-order chi connectivity index (χ0) is 24.9. The molecule has 0 spiro atoms. The molecule has 4 atom stereocenters. The summed E-state index contributed by atoms with van der Waals surface area (Å²) >= 11 is 5.22. The van der Waals surface area contributed by atoms with Gasteiger partial charge in [0.1, 0.15) is 12.6 Å². The van der Waals surface area contributed by atoms with E-state index in [4.69, 9.17) is 11.6 Å². The second-order valence-corrected chi connectivity index (χ2v) is 9.65. The predicted molar refractivity (Wildman–Crippen MR) is 140 cm³/mol. The van der Waals surface area contributed by atoms with Gasteiger partial charge in [-0.25, -0.2) is 0 Å². The van der Waals surface area contributed by atoms with Crippen LogP contribution in [0, 0.1) is 29.1 Å². The van der Waals surface area contributed by atoms with Crippen molar-refractivity contribution in [2.75, 3.05) is 26.0 Å². The second-order valence-electron chi connectivity index (χ2n) is 9.34. The van der Waals surface area contributed by atoms with Crippen molar-refractivity contribution in [1.29, 1.82) is 0 Å². The van der Waals surface area contributed by atoms with Gasteiger partial charge in [-0.1, -0.05) is 79.2 Å². The van der Waals surface area contributed by atoms with Gasteiger partial charge in [0.05, 0.1) is 6.54 Å². The van der Waals surface area contributed by atoms with Crippen molar-refractivity contribution < 1.29 is 9.59 Å². The van der Waals surface area contributed by atoms with Crippen LogP contribution in [0.3, 0.4) is 0 Å². The fraction of sp³-hybridized carbons (Fsp3) is 0.704. The highest BCUT2D eigenvalue weighted by Gasteiger charge is 2.22. The van der Waals surface area contributed by atoms with E-state index >= 15 is 0 Å². The lowest BCUT2D eigenvalue weighted by atomic mass is 9.76. The quantitative estimate of drug-likeness (QED) is 0.127. The molecule has 4 heteroatoms. The molecular formula is C27H50ClNO2. The van der Waals surface area contributed by atoms with Crippen molar-refractivity contribution in [3.63, 3.8) is 0 Å². The SMILES string of the molecule is C=C.CC(C=O)CCl.CCC(CCC(C)C(C)(C)C)C(C)/C=C\C=C/CN(C)CC=O. The third-order valence-electron chi connectivity index (χ3n) is 5.66. The van der Waals surface area contributed by atoms with Crippen molar-refractivity contribution >= 4 is 24.2 Å². The Bertz CT molecular complexity index is 482. The van der Waals surface area contributed by atoms with Crippen molar-refractivity contribution in [2.45, 2.75) is 67.7 Å². The molecule has 0 N–H and O–H groups in total. The number of carbonyl (C=O) groups excluding carboxylic acids is 2. The number of alkyl halides is 1. The maximum atomic E-state index is 10.4. The molecule has 0 aliphatic rings. The Morgan fingerprint density at radius 3 is 1.97 bits per heavy atom. The number of nitrogens with zero attached hydrogens (tertiary/aromatic N) is 1. The van der Waals surface area contributed by atoms with Gasteiger partial charge < -0.3 is 9.59 Å². The maximum absolute atomic E-state index is 10.4. The van der Waals surface area contributed by atoms with Crippen molar-refractivity contribution in [3.8, 4) is 0 Å². The van der Waals surface area contributed by atoms with Gasteiger partial charge in [0.15, 0.2) is 0 Å². The molecule has 0 fully saturated rings. The van der Waals surface area contributed by atoms with E-state index in [-0.39, 0.29) is 5.92 Å². The summed E-state index contributed by atoms with van der Waals surface area (Å²) in [6.45, 7) is 23.1. The van der Waals surface area contributed by atoms with Crippen molar-refractivity contribution in [1.82, 2.24) is 4.90 Å². The minimum Gasteiger partial charge on any atom is -0.303 e. The minimum atomic E-state index is 0.0201. The Hall–Kier alpha value is -1.19. The highest BCUT2D eigenvalue weighted by molar-refractivity contribution is 6.18. The van der Waals surface area contributed by atoms with E-state index in [0.717, 1.165) is 31.0 Å². The number of allylic oxidation sites excluding steroid dienone is 3. The first-order valence-electron chi connectivity index (χ1n) is 11.5. The summed E-state index contributed by atoms with van der Waals surface area (Å²) in [5, 5.41) is 0. The number of aldehydes is 2. The van der Waals surface area contributed by atoms with E-state index < -0.39 is 0 Å². The summed E-state index contributed by atoms with van der Waals surface area (Å²) in [6, 6.07) is 0. The van der Waals surface area contributed by atoms with E-state index in [9.17, 15) is 9.59 Å². The van der Waals surface area contributed by atoms with Crippen LogP contribution in [0.15, 0.2) is 37.5 Å². The van der Waals surface area contributed by atoms with Crippen LogP contribution in [0.5, 0.6) is 0 Å². The zero-order valence-electron chi connectivity index (χ0n) is 21.6. The van der Waals surface area contributed by atoms with Gasteiger partial charge in [-0.05, 0) is 43.1 Å². The summed E-state index contributed by atoms with van der Waals surface area (Å²) in [6.07, 6.45) is 14.3. The maximum Gasteiger partial charge on any atom is 0.133 e. The minimum absolute atomic E-state index is 0.0201. The molecule has 0 aliphatic heterocycles. The second kappa shape index (κ2) is 22.0. The predicted octanol–water partition coefficient (Wildman–Crippen LogP) is 7.22. The Morgan fingerprint density at radius 1 is 1.00 bits per heavy atom. The first-order valence-corrected chi connectivity index (χ1v) is 12.0. The fourth-order valence-electron chi connectivity index (χ4n) is 2.69. The first kappa shape index (κ1) is 34.4. The number of likely N-dealkylation sites (N-methyl/N-ethyl adjacent to an activating group) is 1. The molecule has 0 aromatic carbocycles. The molecule has 0 bridgehead atoms. The number of hydrogen-bond acceptors (Lipinski definition) is 3. The van der Waals surface area contributed by atoms with Gasteiger partial charge in [0, 0.05) is 18.3 Å².